The number of fused-ring (bicyclic) bond motifs is 1. The quantitative estimate of drug-likeness (QED) is 0.640. The van der Waals surface area contributed by atoms with Crippen LogP contribution in [0.1, 0.15) is 36.2 Å². The minimum atomic E-state index is -0.695. The van der Waals surface area contributed by atoms with E-state index in [-0.39, 0.29) is 30.6 Å². The lowest BCUT2D eigenvalue weighted by atomic mass is 10.1. The molecule has 0 aliphatic carbocycles. The summed E-state index contributed by atoms with van der Waals surface area (Å²) in [5, 5.41) is 0.355. The van der Waals surface area contributed by atoms with Crippen LogP contribution in [0, 0.1) is 5.82 Å². The van der Waals surface area contributed by atoms with E-state index in [1.807, 2.05) is 13.8 Å². The van der Waals surface area contributed by atoms with Crippen molar-refractivity contribution in [3.63, 3.8) is 0 Å². The average molecular weight is 452 g/mol. The van der Waals surface area contributed by atoms with Crippen molar-refractivity contribution < 1.29 is 14.0 Å². The van der Waals surface area contributed by atoms with Crippen LogP contribution in [0.2, 0.25) is 0 Å². The van der Waals surface area contributed by atoms with Crippen LogP contribution < -0.4 is 11.2 Å². The number of carbonyl (C=O) groups is 2. The van der Waals surface area contributed by atoms with Crippen molar-refractivity contribution in [2.24, 2.45) is 0 Å². The monoisotopic (exact) mass is 452 g/mol. The Labute approximate surface area is 189 Å². The zero-order chi connectivity index (χ0) is 23.7. The number of nitrogens with zero attached hydrogens (tertiary/aromatic N) is 3. The van der Waals surface area contributed by atoms with E-state index in [0.29, 0.717) is 29.6 Å². The van der Waals surface area contributed by atoms with E-state index in [1.54, 1.807) is 29.2 Å². The largest absolute Gasteiger partial charge is 0.337 e. The van der Waals surface area contributed by atoms with Gasteiger partial charge in [-0.25, -0.2) is 9.18 Å². The van der Waals surface area contributed by atoms with E-state index < -0.39 is 23.0 Å². The van der Waals surface area contributed by atoms with Crippen LogP contribution in [-0.4, -0.2) is 56.8 Å². The molecule has 0 radical (unpaired) electrons. The molecule has 1 aliphatic heterocycles. The van der Waals surface area contributed by atoms with Crippen LogP contribution >= 0.6 is 0 Å². The zero-order valence-electron chi connectivity index (χ0n) is 18.5. The molecule has 2 aromatic carbocycles. The summed E-state index contributed by atoms with van der Waals surface area (Å²) >= 11 is 0. The van der Waals surface area contributed by atoms with Gasteiger partial charge in [0.05, 0.1) is 23.0 Å². The molecule has 8 nitrogen and oxygen atoms in total. The Bertz CT molecular complexity index is 1350. The van der Waals surface area contributed by atoms with Crippen LogP contribution in [0.4, 0.5) is 4.39 Å². The number of nitrogens with one attached hydrogen (secondary N) is 1. The molecule has 0 saturated carbocycles. The molecule has 2 amide bonds. The summed E-state index contributed by atoms with van der Waals surface area (Å²) < 4.78 is 16.0. The fourth-order valence-electron chi connectivity index (χ4n) is 4.13. The van der Waals surface area contributed by atoms with Crippen molar-refractivity contribution >= 4 is 22.7 Å². The first-order valence-electron chi connectivity index (χ1n) is 10.9. The van der Waals surface area contributed by atoms with E-state index in [4.69, 9.17) is 0 Å². The summed E-state index contributed by atoms with van der Waals surface area (Å²) in [6.07, 6.45) is 0.815. The molecule has 1 N–H and O–H groups in total. The summed E-state index contributed by atoms with van der Waals surface area (Å²) in [6, 6.07) is 10.8. The summed E-state index contributed by atoms with van der Waals surface area (Å²) in [6.45, 7) is 4.62. The minimum absolute atomic E-state index is 0.0391. The maximum Gasteiger partial charge on any atom is 0.329 e. The Hall–Kier alpha value is -3.75. The van der Waals surface area contributed by atoms with Gasteiger partial charge in [-0.15, -0.1) is 0 Å². The van der Waals surface area contributed by atoms with Crippen LogP contribution in [-0.2, 0) is 11.3 Å². The van der Waals surface area contributed by atoms with Gasteiger partial charge in [-0.1, -0.05) is 25.1 Å². The summed E-state index contributed by atoms with van der Waals surface area (Å²) in [5.74, 6) is -1.42. The number of para-hydroxylation sites is 1. The molecule has 33 heavy (non-hydrogen) atoms. The lowest BCUT2D eigenvalue weighted by molar-refractivity contribution is -0.137. The van der Waals surface area contributed by atoms with E-state index in [0.717, 1.165) is 6.42 Å². The van der Waals surface area contributed by atoms with E-state index in [1.165, 1.54) is 27.7 Å². The third kappa shape index (κ3) is 4.30. The van der Waals surface area contributed by atoms with Gasteiger partial charge < -0.3 is 9.80 Å². The molecule has 1 atom stereocenters. The highest BCUT2D eigenvalue weighted by Crippen LogP contribution is 2.18. The Kier molecular flexibility index (Phi) is 6.13. The standard InChI is InChI=1S/C24H25FN4O4/c1-3-15(2)28-11-10-27(14-21(28)30)23(32)18-12-16(8-9-19(18)25)13-29-20-7-5-4-6-17(20)22(31)26-24(29)33/h4-9,12,15H,3,10-11,13-14H2,1-2H3,(H,26,31,33). The predicted molar refractivity (Wildman–Crippen MR) is 122 cm³/mol. The molecule has 1 saturated heterocycles. The lowest BCUT2D eigenvalue weighted by Gasteiger charge is -2.37. The Morgan fingerprint density at radius 2 is 1.88 bits per heavy atom. The van der Waals surface area contributed by atoms with E-state index in [9.17, 15) is 23.6 Å². The second-order valence-corrected chi connectivity index (χ2v) is 8.25. The number of halogens is 1. The first kappa shape index (κ1) is 22.4. The summed E-state index contributed by atoms with van der Waals surface area (Å²) in [5.41, 5.74) is -0.274. The fourth-order valence-corrected chi connectivity index (χ4v) is 4.13. The van der Waals surface area contributed by atoms with Crippen molar-refractivity contribution in [2.75, 3.05) is 19.6 Å². The minimum Gasteiger partial charge on any atom is -0.337 e. The molecule has 1 unspecified atom stereocenters. The fraction of sp³-hybridized carbons (Fsp3) is 0.333. The van der Waals surface area contributed by atoms with Crippen LogP contribution in [0.15, 0.2) is 52.1 Å². The number of carbonyl (C=O) groups excluding carboxylic acids is 2. The van der Waals surface area contributed by atoms with Gasteiger partial charge in [-0.2, -0.15) is 0 Å². The number of rotatable bonds is 5. The Morgan fingerprint density at radius 3 is 2.61 bits per heavy atom. The highest BCUT2D eigenvalue weighted by molar-refractivity contribution is 5.97. The predicted octanol–water partition coefficient (Wildman–Crippen LogP) is 1.96. The number of aromatic amines is 1. The second kappa shape index (κ2) is 9.01. The van der Waals surface area contributed by atoms with Crippen LogP contribution in [0.5, 0.6) is 0 Å². The van der Waals surface area contributed by atoms with Gasteiger partial charge in [0.25, 0.3) is 11.5 Å². The number of aromatic nitrogens is 2. The van der Waals surface area contributed by atoms with Gasteiger partial charge in [0.1, 0.15) is 12.4 Å². The molecule has 0 spiro atoms. The van der Waals surface area contributed by atoms with Crippen molar-refractivity contribution in [1.29, 1.82) is 0 Å². The maximum atomic E-state index is 14.6. The molecule has 1 fully saturated rings. The number of hydrogen-bond acceptors (Lipinski definition) is 4. The molecular formula is C24H25FN4O4. The van der Waals surface area contributed by atoms with Crippen molar-refractivity contribution in [3.05, 3.63) is 80.2 Å². The number of piperazine rings is 1. The van der Waals surface area contributed by atoms with Crippen molar-refractivity contribution in [1.82, 2.24) is 19.4 Å². The second-order valence-electron chi connectivity index (χ2n) is 8.25. The van der Waals surface area contributed by atoms with E-state index >= 15 is 0 Å². The normalized spacial score (nSPS) is 15.2. The molecule has 0 bridgehead atoms. The molecule has 9 heteroatoms. The van der Waals surface area contributed by atoms with Gasteiger partial charge in [0, 0.05) is 19.1 Å². The smallest absolute Gasteiger partial charge is 0.329 e. The molecule has 1 aromatic heterocycles. The third-order valence-corrected chi connectivity index (χ3v) is 6.17. The Morgan fingerprint density at radius 1 is 1.12 bits per heavy atom. The average Bonchev–Trinajstić information content (AvgIpc) is 2.81. The molecule has 172 valence electrons. The first-order valence-corrected chi connectivity index (χ1v) is 10.9. The molecule has 4 rings (SSSR count). The Balaban J connectivity index is 1.62. The lowest BCUT2D eigenvalue weighted by Crippen LogP contribution is -2.54. The van der Waals surface area contributed by atoms with Gasteiger partial charge in [0.2, 0.25) is 5.91 Å². The first-order chi connectivity index (χ1) is 15.8. The van der Waals surface area contributed by atoms with E-state index in [2.05, 4.69) is 4.98 Å². The van der Waals surface area contributed by atoms with Crippen LogP contribution in [0.25, 0.3) is 10.9 Å². The third-order valence-electron chi connectivity index (χ3n) is 6.17. The number of hydrogen-bond donors (Lipinski definition) is 1. The highest BCUT2D eigenvalue weighted by Gasteiger charge is 2.30. The highest BCUT2D eigenvalue weighted by atomic mass is 19.1. The van der Waals surface area contributed by atoms with Crippen molar-refractivity contribution in [2.45, 2.75) is 32.9 Å². The molecule has 1 aliphatic rings. The van der Waals surface area contributed by atoms with Crippen molar-refractivity contribution in [3.8, 4) is 0 Å². The van der Waals surface area contributed by atoms with Gasteiger partial charge in [-0.3, -0.25) is 23.9 Å². The van der Waals surface area contributed by atoms with Gasteiger partial charge >= 0.3 is 5.69 Å². The summed E-state index contributed by atoms with van der Waals surface area (Å²) in [4.78, 5) is 55.4. The number of H-pyrrole nitrogens is 1. The number of amides is 2. The molecular weight excluding hydrogens is 427 g/mol. The molecule has 3 aromatic rings. The zero-order valence-corrected chi connectivity index (χ0v) is 18.5. The van der Waals surface area contributed by atoms with Crippen LogP contribution in [0.3, 0.4) is 0 Å². The molecule has 2 heterocycles. The topological polar surface area (TPSA) is 95.5 Å². The van der Waals surface area contributed by atoms with Gasteiger partial charge in [0.15, 0.2) is 0 Å². The summed E-state index contributed by atoms with van der Waals surface area (Å²) in [7, 11) is 0. The SMILES string of the molecule is CCC(C)N1CCN(C(=O)c2cc(Cn3c(=O)[nH]c(=O)c4ccccc43)ccc2F)CC1=O. The maximum absolute atomic E-state index is 14.6. The van der Waals surface area contributed by atoms with Gasteiger partial charge in [-0.05, 0) is 43.2 Å². The number of benzene rings is 2.